The van der Waals surface area contributed by atoms with Gasteiger partial charge in [-0.2, -0.15) is 13.2 Å². The molecule has 35 heavy (non-hydrogen) atoms. The molecule has 2 aliphatic rings. The average Bonchev–Trinajstić information content (AvgIpc) is 3.69. The topological polar surface area (TPSA) is 79.7 Å². The lowest BCUT2D eigenvalue weighted by molar-refractivity contribution is -0.258. The number of aliphatic hydroxyl groups is 1. The monoisotopic (exact) mass is 490 g/mol. The Labute approximate surface area is 202 Å². The molecule has 1 aromatic carbocycles. The molecule has 2 saturated carbocycles. The van der Waals surface area contributed by atoms with Crippen LogP contribution in [0.2, 0.25) is 0 Å². The Morgan fingerprint density at radius 2 is 1.63 bits per heavy atom. The van der Waals surface area contributed by atoms with Gasteiger partial charge in [0.1, 0.15) is 5.41 Å². The molecule has 0 unspecified atom stereocenters. The number of methoxy groups -OCH3 is 1. The number of benzene rings is 1. The number of hydrogen-bond acceptors (Lipinski definition) is 5. The molecule has 0 bridgehead atoms. The molecule has 2 aliphatic carbocycles. The molecular weight excluding hydrogens is 461 g/mol. The molecule has 188 valence electrons. The lowest BCUT2D eigenvalue weighted by atomic mass is 9.69. The Bertz CT molecular complexity index is 1060. The number of carbonyl (C=O) groups excluding carboxylic acids is 2. The van der Waals surface area contributed by atoms with Crippen LogP contribution in [0.1, 0.15) is 67.1 Å². The van der Waals surface area contributed by atoms with E-state index in [4.69, 9.17) is 4.74 Å². The second kappa shape index (κ2) is 9.26. The van der Waals surface area contributed by atoms with E-state index >= 15 is 0 Å². The molecule has 0 aliphatic heterocycles. The van der Waals surface area contributed by atoms with Gasteiger partial charge >= 0.3 is 12.1 Å². The van der Waals surface area contributed by atoms with Crippen molar-refractivity contribution in [3.05, 3.63) is 65.5 Å². The van der Waals surface area contributed by atoms with Crippen molar-refractivity contribution < 1.29 is 32.6 Å². The predicted molar refractivity (Wildman–Crippen MR) is 121 cm³/mol. The number of hydrogen-bond donors (Lipinski definition) is 1. The molecule has 0 saturated heterocycles. The molecule has 2 aromatic rings. The Balaban J connectivity index is 1.53. The van der Waals surface area contributed by atoms with Gasteiger partial charge < -0.3 is 14.7 Å². The van der Waals surface area contributed by atoms with Gasteiger partial charge in [-0.3, -0.25) is 14.6 Å². The fourth-order valence-corrected chi connectivity index (χ4v) is 5.01. The first kappa shape index (κ1) is 25.2. The number of aromatic nitrogens is 1. The summed E-state index contributed by atoms with van der Waals surface area (Å²) < 4.78 is 44.6. The summed E-state index contributed by atoms with van der Waals surface area (Å²) >= 11 is 0. The van der Waals surface area contributed by atoms with Gasteiger partial charge in [0, 0.05) is 23.8 Å². The lowest BCUT2D eigenvalue weighted by Gasteiger charge is -2.42. The summed E-state index contributed by atoms with van der Waals surface area (Å²) in [5.74, 6) is -0.592. The van der Waals surface area contributed by atoms with E-state index in [1.807, 2.05) is 17.0 Å². The summed E-state index contributed by atoms with van der Waals surface area (Å²) in [5, 5.41) is 9.91. The van der Waals surface area contributed by atoms with Crippen molar-refractivity contribution in [2.45, 2.75) is 74.7 Å². The third-order valence-corrected chi connectivity index (χ3v) is 7.35. The zero-order valence-corrected chi connectivity index (χ0v) is 19.7. The number of esters is 1. The van der Waals surface area contributed by atoms with Crippen LogP contribution >= 0.6 is 0 Å². The third kappa shape index (κ3) is 4.66. The van der Waals surface area contributed by atoms with E-state index in [9.17, 15) is 27.9 Å². The van der Waals surface area contributed by atoms with Crippen LogP contribution < -0.4 is 0 Å². The van der Waals surface area contributed by atoms with Gasteiger partial charge in [-0.05, 0) is 75.3 Å². The van der Waals surface area contributed by atoms with Gasteiger partial charge in [-0.1, -0.05) is 18.2 Å². The first-order valence-electron chi connectivity index (χ1n) is 11.7. The Morgan fingerprint density at radius 3 is 2.11 bits per heavy atom. The summed E-state index contributed by atoms with van der Waals surface area (Å²) in [5.41, 5.74) is -3.27. The van der Waals surface area contributed by atoms with E-state index in [1.54, 1.807) is 12.3 Å². The van der Waals surface area contributed by atoms with Crippen molar-refractivity contribution in [2.75, 3.05) is 7.11 Å². The van der Waals surface area contributed by atoms with E-state index in [-0.39, 0.29) is 35.1 Å². The van der Waals surface area contributed by atoms with Crippen LogP contribution in [-0.2, 0) is 20.5 Å². The number of alkyl halides is 3. The minimum absolute atomic E-state index is 0.0749. The Kier molecular flexibility index (Phi) is 6.66. The zero-order valence-electron chi connectivity index (χ0n) is 19.7. The number of amides is 1. The van der Waals surface area contributed by atoms with Crippen molar-refractivity contribution in [3.63, 3.8) is 0 Å². The minimum atomic E-state index is -4.83. The standard InChI is InChI=1S/C26H29F3N2O4/c1-24(34,26(27,28)29)18-8-6-17(7-9-18)22(32)31(19-10-11-19)20-12-14-25(15-13-20,23(33)35-2)21-5-3-4-16-30-21/h3-9,16,19-20,34H,10-15H2,1-2H3/t20-,24-,25+/m0/s1. The van der Waals surface area contributed by atoms with E-state index in [0.29, 0.717) is 38.3 Å². The lowest BCUT2D eigenvalue weighted by Crippen LogP contribution is -2.49. The highest BCUT2D eigenvalue weighted by atomic mass is 19.4. The molecule has 1 amide bonds. The molecule has 1 aromatic heterocycles. The minimum Gasteiger partial charge on any atom is -0.468 e. The van der Waals surface area contributed by atoms with Gasteiger partial charge in [-0.15, -0.1) is 0 Å². The van der Waals surface area contributed by atoms with E-state index in [0.717, 1.165) is 25.0 Å². The fourth-order valence-electron chi connectivity index (χ4n) is 5.01. The maximum atomic E-state index is 13.4. The van der Waals surface area contributed by atoms with Crippen LogP contribution in [0.5, 0.6) is 0 Å². The van der Waals surface area contributed by atoms with Crippen LogP contribution in [0.4, 0.5) is 13.2 Å². The number of ether oxygens (including phenoxy) is 1. The summed E-state index contributed by atoms with van der Waals surface area (Å²) in [4.78, 5) is 32.5. The third-order valence-electron chi connectivity index (χ3n) is 7.35. The largest absolute Gasteiger partial charge is 0.468 e. The zero-order chi connectivity index (χ0) is 25.4. The molecule has 0 radical (unpaired) electrons. The Hall–Kier alpha value is -2.94. The number of rotatable bonds is 6. The predicted octanol–water partition coefficient (Wildman–Crippen LogP) is 4.51. The molecule has 0 spiro atoms. The number of nitrogens with zero attached hydrogens (tertiary/aromatic N) is 2. The maximum Gasteiger partial charge on any atom is 0.421 e. The smallest absolute Gasteiger partial charge is 0.421 e. The van der Waals surface area contributed by atoms with Gasteiger partial charge in [-0.25, -0.2) is 0 Å². The van der Waals surface area contributed by atoms with Gasteiger partial charge in [0.15, 0.2) is 5.60 Å². The normalized spacial score (nSPS) is 24.3. The maximum absolute atomic E-state index is 13.4. The Morgan fingerprint density at radius 1 is 1.03 bits per heavy atom. The highest BCUT2D eigenvalue weighted by Gasteiger charge is 2.51. The second-order valence-corrected chi connectivity index (χ2v) is 9.61. The van der Waals surface area contributed by atoms with Crippen molar-refractivity contribution in [3.8, 4) is 0 Å². The molecule has 9 heteroatoms. The van der Waals surface area contributed by atoms with Crippen molar-refractivity contribution in [2.24, 2.45) is 0 Å². The van der Waals surface area contributed by atoms with E-state index in [2.05, 4.69) is 4.98 Å². The first-order chi connectivity index (χ1) is 16.5. The highest BCUT2D eigenvalue weighted by molar-refractivity contribution is 5.95. The quantitative estimate of drug-likeness (QED) is 0.603. The molecule has 4 rings (SSSR count). The van der Waals surface area contributed by atoms with Gasteiger partial charge in [0.25, 0.3) is 5.91 Å². The van der Waals surface area contributed by atoms with Crippen LogP contribution in [0.15, 0.2) is 48.7 Å². The van der Waals surface area contributed by atoms with Crippen LogP contribution in [0.3, 0.4) is 0 Å². The number of pyridine rings is 1. The summed E-state index contributed by atoms with van der Waals surface area (Å²) in [6, 6.07) is 10.4. The van der Waals surface area contributed by atoms with Crippen molar-refractivity contribution in [1.82, 2.24) is 9.88 Å². The molecule has 1 heterocycles. The molecule has 2 fully saturated rings. The second-order valence-electron chi connectivity index (χ2n) is 9.61. The SMILES string of the molecule is COC(=O)[C@]1(c2ccccn2)CC[C@H](N(C(=O)c2ccc([C@](C)(O)C(F)(F)F)cc2)C2CC2)CC1. The summed E-state index contributed by atoms with van der Waals surface area (Å²) in [6.45, 7) is 0.692. The summed E-state index contributed by atoms with van der Waals surface area (Å²) in [7, 11) is 1.36. The van der Waals surface area contributed by atoms with Crippen LogP contribution in [0.25, 0.3) is 0 Å². The van der Waals surface area contributed by atoms with Crippen LogP contribution in [0, 0.1) is 0 Å². The molecule has 1 N–H and O–H groups in total. The number of halogens is 3. The van der Waals surface area contributed by atoms with Gasteiger partial charge in [0.2, 0.25) is 0 Å². The van der Waals surface area contributed by atoms with E-state index < -0.39 is 17.2 Å². The number of carbonyl (C=O) groups is 2. The fraction of sp³-hybridized carbons (Fsp3) is 0.500. The average molecular weight is 491 g/mol. The molecule has 1 atom stereocenters. The van der Waals surface area contributed by atoms with Gasteiger partial charge in [0.05, 0.1) is 12.8 Å². The van der Waals surface area contributed by atoms with E-state index in [1.165, 1.54) is 19.2 Å². The first-order valence-corrected chi connectivity index (χ1v) is 11.7. The van der Waals surface area contributed by atoms with Crippen molar-refractivity contribution >= 4 is 11.9 Å². The molecule has 6 nitrogen and oxygen atoms in total. The highest BCUT2D eigenvalue weighted by Crippen LogP contribution is 2.44. The molecular formula is C26H29F3N2O4. The summed E-state index contributed by atoms with van der Waals surface area (Å²) in [6.07, 6.45) is 0.656. The van der Waals surface area contributed by atoms with Crippen molar-refractivity contribution in [1.29, 1.82) is 0 Å². The van der Waals surface area contributed by atoms with Crippen LogP contribution in [-0.4, -0.2) is 52.2 Å².